The Kier molecular flexibility index (Phi) is 6.96. The summed E-state index contributed by atoms with van der Waals surface area (Å²) in [4.78, 5) is 36.8. The van der Waals surface area contributed by atoms with Crippen molar-refractivity contribution >= 4 is 22.8 Å². The number of carboxylic acids is 1. The molecule has 2 N–H and O–H groups in total. The summed E-state index contributed by atoms with van der Waals surface area (Å²) in [6.07, 6.45) is 0.467. The Labute approximate surface area is 202 Å². The fourth-order valence-corrected chi connectivity index (χ4v) is 4.01. The highest BCUT2D eigenvalue weighted by Crippen LogP contribution is 2.30. The van der Waals surface area contributed by atoms with Gasteiger partial charge in [0, 0.05) is 22.9 Å². The molecule has 1 atom stereocenters. The van der Waals surface area contributed by atoms with E-state index in [9.17, 15) is 19.5 Å². The molecule has 0 spiro atoms. The van der Waals surface area contributed by atoms with Gasteiger partial charge in [-0.2, -0.15) is 0 Å². The zero-order chi connectivity index (χ0) is 24.9. The van der Waals surface area contributed by atoms with E-state index in [1.54, 1.807) is 49.4 Å². The van der Waals surface area contributed by atoms with Crippen LogP contribution in [0.3, 0.4) is 0 Å². The third kappa shape index (κ3) is 5.24. The number of aliphatic carboxylic acids is 1. The molecule has 0 unspecified atom stereocenters. The highest BCUT2D eigenvalue weighted by atomic mass is 16.5. The average molecular weight is 472 g/mol. The van der Waals surface area contributed by atoms with Crippen molar-refractivity contribution in [3.8, 4) is 5.75 Å². The van der Waals surface area contributed by atoms with Crippen LogP contribution in [0.2, 0.25) is 0 Å². The first-order chi connectivity index (χ1) is 16.8. The monoisotopic (exact) mass is 471 g/mol. The van der Waals surface area contributed by atoms with E-state index >= 15 is 0 Å². The van der Waals surface area contributed by atoms with Crippen LogP contribution in [0.5, 0.6) is 5.75 Å². The minimum atomic E-state index is -1.19. The summed E-state index contributed by atoms with van der Waals surface area (Å²) in [6, 6.07) is 20.5. The van der Waals surface area contributed by atoms with Gasteiger partial charge in [-0.3, -0.25) is 4.79 Å². The number of rotatable bonds is 8. The van der Waals surface area contributed by atoms with Gasteiger partial charge in [-0.15, -0.1) is 0 Å². The van der Waals surface area contributed by atoms with Crippen molar-refractivity contribution in [2.75, 3.05) is 6.61 Å². The molecule has 1 aromatic heterocycles. The lowest BCUT2D eigenvalue weighted by Crippen LogP contribution is -2.36. The predicted octanol–water partition coefficient (Wildman–Crippen LogP) is 4.32. The average Bonchev–Trinajstić information content (AvgIpc) is 2.86. The van der Waals surface area contributed by atoms with Gasteiger partial charge in [0.1, 0.15) is 11.3 Å². The smallest absolute Gasteiger partial charge is 0.340 e. The van der Waals surface area contributed by atoms with Crippen LogP contribution in [-0.2, 0) is 16.0 Å². The Bertz CT molecular complexity index is 1430. The summed E-state index contributed by atoms with van der Waals surface area (Å²) in [5, 5.41) is 12.8. The van der Waals surface area contributed by atoms with E-state index < -0.39 is 30.2 Å². The predicted molar refractivity (Wildman–Crippen MR) is 132 cm³/mol. The molecule has 0 aliphatic carbocycles. The lowest BCUT2D eigenvalue weighted by molar-refractivity contribution is -0.142. The molecule has 0 bridgehead atoms. The number of ether oxygens (including phenoxy) is 1. The van der Waals surface area contributed by atoms with Crippen molar-refractivity contribution in [3.05, 3.63) is 111 Å². The van der Waals surface area contributed by atoms with Gasteiger partial charge < -0.3 is 19.6 Å². The molecule has 0 fully saturated rings. The SMILES string of the molecule is Cc1c(Cc2ccccc2)c(=O)oc2c(C)c(OCC(=O)N[C@@H](C(=O)O)c3ccccc3)ccc12. The van der Waals surface area contributed by atoms with Crippen LogP contribution in [0.15, 0.2) is 82.0 Å². The van der Waals surface area contributed by atoms with Crippen molar-refractivity contribution in [1.82, 2.24) is 5.32 Å². The first kappa shape index (κ1) is 23.8. The third-order valence-electron chi connectivity index (χ3n) is 5.92. The second kappa shape index (κ2) is 10.3. The topological polar surface area (TPSA) is 106 Å². The van der Waals surface area contributed by atoms with Gasteiger partial charge >= 0.3 is 11.6 Å². The number of fused-ring (bicyclic) bond motifs is 1. The number of hydrogen-bond acceptors (Lipinski definition) is 5. The summed E-state index contributed by atoms with van der Waals surface area (Å²) in [7, 11) is 0. The standard InChI is InChI=1S/C28H25NO6/c1-17-21-13-14-23(34-16-24(30)29-25(27(31)32)20-11-7-4-8-12-20)18(2)26(21)35-28(33)22(17)15-19-9-5-3-6-10-19/h3-14,25H,15-16H2,1-2H3,(H,29,30)(H,31,32)/t25-/m1/s1. The Balaban J connectivity index is 1.53. The van der Waals surface area contributed by atoms with E-state index in [-0.39, 0.29) is 0 Å². The Morgan fingerprint density at radius 3 is 2.26 bits per heavy atom. The van der Waals surface area contributed by atoms with Crippen LogP contribution in [-0.4, -0.2) is 23.6 Å². The molecule has 0 aliphatic rings. The fraction of sp³-hybridized carbons (Fsp3) is 0.179. The van der Waals surface area contributed by atoms with E-state index in [2.05, 4.69) is 5.32 Å². The lowest BCUT2D eigenvalue weighted by atomic mass is 9.98. The largest absolute Gasteiger partial charge is 0.483 e. The minimum absolute atomic E-state index is 0.373. The molecule has 0 aliphatic heterocycles. The third-order valence-corrected chi connectivity index (χ3v) is 5.92. The van der Waals surface area contributed by atoms with E-state index in [1.807, 2.05) is 37.3 Å². The number of amides is 1. The molecule has 35 heavy (non-hydrogen) atoms. The van der Waals surface area contributed by atoms with Gasteiger partial charge in [0.15, 0.2) is 12.6 Å². The number of carboxylic acid groups (broad SMARTS) is 1. The van der Waals surface area contributed by atoms with Crippen LogP contribution in [0, 0.1) is 13.8 Å². The zero-order valence-corrected chi connectivity index (χ0v) is 19.4. The first-order valence-corrected chi connectivity index (χ1v) is 11.1. The van der Waals surface area contributed by atoms with Crippen LogP contribution in [0.1, 0.15) is 33.9 Å². The maximum absolute atomic E-state index is 12.8. The second-order valence-corrected chi connectivity index (χ2v) is 8.26. The zero-order valence-electron chi connectivity index (χ0n) is 19.4. The lowest BCUT2D eigenvalue weighted by Gasteiger charge is -2.16. The van der Waals surface area contributed by atoms with E-state index in [0.717, 1.165) is 16.5 Å². The molecule has 3 aromatic carbocycles. The van der Waals surface area contributed by atoms with Crippen LogP contribution >= 0.6 is 0 Å². The molecule has 178 valence electrons. The maximum Gasteiger partial charge on any atom is 0.340 e. The number of hydrogen-bond donors (Lipinski definition) is 2. The van der Waals surface area contributed by atoms with Crippen molar-refractivity contribution in [1.29, 1.82) is 0 Å². The molecular formula is C28H25NO6. The first-order valence-electron chi connectivity index (χ1n) is 11.1. The molecule has 0 saturated heterocycles. The molecule has 0 saturated carbocycles. The highest BCUT2D eigenvalue weighted by Gasteiger charge is 2.22. The van der Waals surface area contributed by atoms with E-state index in [4.69, 9.17) is 9.15 Å². The maximum atomic E-state index is 12.8. The number of nitrogens with one attached hydrogen (secondary N) is 1. The summed E-state index contributed by atoms with van der Waals surface area (Å²) >= 11 is 0. The second-order valence-electron chi connectivity index (χ2n) is 8.26. The summed E-state index contributed by atoms with van der Waals surface area (Å²) < 4.78 is 11.3. The highest BCUT2D eigenvalue weighted by molar-refractivity contribution is 5.87. The molecule has 1 heterocycles. The van der Waals surface area contributed by atoms with Crippen molar-refractivity contribution in [2.24, 2.45) is 0 Å². The van der Waals surface area contributed by atoms with Crippen LogP contribution in [0.25, 0.3) is 11.0 Å². The molecule has 4 aromatic rings. The quantitative estimate of drug-likeness (QED) is 0.371. The van der Waals surface area contributed by atoms with Gasteiger partial charge in [-0.1, -0.05) is 60.7 Å². The molecule has 7 heteroatoms. The van der Waals surface area contributed by atoms with Gasteiger partial charge in [-0.25, -0.2) is 9.59 Å². The van der Waals surface area contributed by atoms with Crippen molar-refractivity contribution < 1.29 is 23.8 Å². The van der Waals surface area contributed by atoms with Crippen LogP contribution < -0.4 is 15.7 Å². The van der Waals surface area contributed by atoms with Crippen LogP contribution in [0.4, 0.5) is 0 Å². The van der Waals surface area contributed by atoms with Gasteiger partial charge in [0.05, 0.1) is 0 Å². The number of carbonyl (C=O) groups excluding carboxylic acids is 1. The minimum Gasteiger partial charge on any atom is -0.483 e. The molecule has 7 nitrogen and oxygen atoms in total. The molecular weight excluding hydrogens is 446 g/mol. The Morgan fingerprint density at radius 2 is 1.60 bits per heavy atom. The molecule has 0 radical (unpaired) electrons. The normalized spacial score (nSPS) is 11.7. The van der Waals surface area contributed by atoms with Gasteiger partial charge in [-0.05, 0) is 42.7 Å². The van der Waals surface area contributed by atoms with Gasteiger partial charge in [0.25, 0.3) is 5.91 Å². The summed E-state index contributed by atoms with van der Waals surface area (Å²) in [5.74, 6) is -1.39. The Hall–Kier alpha value is -4.39. The summed E-state index contributed by atoms with van der Waals surface area (Å²) in [6.45, 7) is 3.25. The number of carbonyl (C=O) groups is 2. The van der Waals surface area contributed by atoms with E-state index in [0.29, 0.717) is 34.4 Å². The Morgan fingerprint density at radius 1 is 0.943 bits per heavy atom. The summed E-state index contributed by atoms with van der Waals surface area (Å²) in [5.41, 5.74) is 3.47. The van der Waals surface area contributed by atoms with Gasteiger partial charge in [0.2, 0.25) is 0 Å². The fourth-order valence-electron chi connectivity index (χ4n) is 4.01. The number of benzene rings is 3. The van der Waals surface area contributed by atoms with Crippen molar-refractivity contribution in [2.45, 2.75) is 26.3 Å². The number of aryl methyl sites for hydroxylation is 2. The van der Waals surface area contributed by atoms with Crippen molar-refractivity contribution in [3.63, 3.8) is 0 Å². The molecule has 1 amide bonds. The van der Waals surface area contributed by atoms with E-state index in [1.165, 1.54) is 0 Å². The molecule has 4 rings (SSSR count).